The number of non-ortho nitro benzene ring substituents is 1. The van der Waals surface area contributed by atoms with Gasteiger partial charge in [0.2, 0.25) is 6.79 Å². The average molecular weight is 398 g/mol. The Labute approximate surface area is 168 Å². The third-order valence-electron chi connectivity index (χ3n) is 5.22. The quantitative estimate of drug-likeness (QED) is 0.610. The van der Waals surface area contributed by atoms with Crippen molar-refractivity contribution < 1.29 is 19.2 Å². The van der Waals surface area contributed by atoms with E-state index >= 15 is 0 Å². The minimum absolute atomic E-state index is 0.0891. The van der Waals surface area contributed by atoms with Crippen LogP contribution in [0.1, 0.15) is 15.9 Å². The first-order valence-electron chi connectivity index (χ1n) is 9.41. The molecule has 1 fully saturated rings. The molecule has 0 saturated carbocycles. The number of carbonyl (C=O) groups excluding carboxylic acids is 1. The maximum atomic E-state index is 13.0. The van der Waals surface area contributed by atoms with Gasteiger partial charge < -0.3 is 19.7 Å². The number of benzene rings is 2. The van der Waals surface area contributed by atoms with E-state index in [0.29, 0.717) is 24.3 Å². The second kappa shape index (κ2) is 7.96. The van der Waals surface area contributed by atoms with Crippen LogP contribution in [0.25, 0.3) is 0 Å². The van der Waals surface area contributed by atoms with E-state index in [1.807, 2.05) is 18.2 Å². The minimum Gasteiger partial charge on any atom is -0.454 e. The van der Waals surface area contributed by atoms with Gasteiger partial charge in [-0.05, 0) is 23.8 Å². The molecule has 4 rings (SSSR count). The van der Waals surface area contributed by atoms with Gasteiger partial charge in [-0.25, -0.2) is 0 Å². The van der Waals surface area contributed by atoms with E-state index in [4.69, 9.17) is 9.47 Å². The SMILES string of the molecule is CNc1ccc([N+](=O)[O-])cc1C(=O)N1CCN(Cc2ccc3c(c2)OCO3)CC1. The normalized spacial score (nSPS) is 16.0. The maximum absolute atomic E-state index is 13.0. The van der Waals surface area contributed by atoms with Crippen LogP contribution in [0, 0.1) is 10.1 Å². The predicted molar refractivity (Wildman–Crippen MR) is 106 cm³/mol. The smallest absolute Gasteiger partial charge is 0.270 e. The first-order valence-corrected chi connectivity index (χ1v) is 9.41. The van der Waals surface area contributed by atoms with Gasteiger partial charge >= 0.3 is 0 Å². The maximum Gasteiger partial charge on any atom is 0.270 e. The number of amides is 1. The first-order chi connectivity index (χ1) is 14.0. The topological polar surface area (TPSA) is 97.2 Å². The fourth-order valence-corrected chi connectivity index (χ4v) is 3.62. The van der Waals surface area contributed by atoms with Crippen LogP contribution in [0.5, 0.6) is 11.5 Å². The van der Waals surface area contributed by atoms with Crippen molar-refractivity contribution in [1.29, 1.82) is 0 Å². The molecule has 0 spiro atoms. The summed E-state index contributed by atoms with van der Waals surface area (Å²) in [5.74, 6) is 1.34. The molecule has 2 aliphatic rings. The number of rotatable bonds is 5. The summed E-state index contributed by atoms with van der Waals surface area (Å²) >= 11 is 0. The lowest BCUT2D eigenvalue weighted by molar-refractivity contribution is -0.384. The number of nitro benzene ring substituents is 1. The number of anilines is 1. The number of ether oxygens (including phenoxy) is 2. The molecule has 9 heteroatoms. The second-order valence-electron chi connectivity index (χ2n) is 6.99. The van der Waals surface area contributed by atoms with Crippen LogP contribution in [0.3, 0.4) is 0 Å². The highest BCUT2D eigenvalue weighted by Gasteiger charge is 2.25. The molecule has 0 radical (unpaired) electrons. The molecule has 0 aromatic heterocycles. The molecule has 1 saturated heterocycles. The van der Waals surface area contributed by atoms with Crippen molar-refractivity contribution in [3.05, 3.63) is 57.6 Å². The zero-order chi connectivity index (χ0) is 20.4. The van der Waals surface area contributed by atoms with Gasteiger partial charge in [-0.1, -0.05) is 6.07 Å². The van der Waals surface area contributed by atoms with Crippen LogP contribution >= 0.6 is 0 Å². The standard InChI is InChI=1S/C20H22N4O5/c1-21-17-4-3-15(24(26)27)11-16(17)20(25)23-8-6-22(7-9-23)12-14-2-5-18-19(10-14)29-13-28-18/h2-5,10-11,21H,6-9,12-13H2,1H3. The first kappa shape index (κ1) is 19.0. The van der Waals surface area contributed by atoms with E-state index in [9.17, 15) is 14.9 Å². The highest BCUT2D eigenvalue weighted by molar-refractivity contribution is 6.00. The molecule has 0 aliphatic carbocycles. The van der Waals surface area contributed by atoms with Crippen LogP contribution in [0.4, 0.5) is 11.4 Å². The van der Waals surface area contributed by atoms with Crippen LogP contribution in [0.2, 0.25) is 0 Å². The van der Waals surface area contributed by atoms with Crippen LogP contribution < -0.4 is 14.8 Å². The van der Waals surface area contributed by atoms with Gasteiger partial charge in [0.1, 0.15) is 0 Å². The molecule has 0 unspecified atom stereocenters. The molecule has 2 aromatic rings. The number of carbonyl (C=O) groups is 1. The van der Waals surface area contributed by atoms with Crippen LogP contribution in [-0.4, -0.2) is 60.6 Å². The zero-order valence-corrected chi connectivity index (χ0v) is 16.1. The van der Waals surface area contributed by atoms with Crippen LogP contribution in [0.15, 0.2) is 36.4 Å². The largest absolute Gasteiger partial charge is 0.454 e. The molecule has 0 atom stereocenters. The van der Waals surface area contributed by atoms with Gasteiger partial charge in [0, 0.05) is 57.6 Å². The van der Waals surface area contributed by atoms with Crippen molar-refractivity contribution in [2.75, 3.05) is 45.3 Å². The predicted octanol–water partition coefficient (Wildman–Crippen LogP) is 2.32. The Morgan fingerprint density at radius 2 is 1.86 bits per heavy atom. The van der Waals surface area contributed by atoms with Gasteiger partial charge in [-0.15, -0.1) is 0 Å². The Balaban J connectivity index is 1.40. The molecule has 9 nitrogen and oxygen atoms in total. The van der Waals surface area contributed by atoms with Gasteiger partial charge in [0.05, 0.1) is 10.5 Å². The highest BCUT2D eigenvalue weighted by Crippen LogP contribution is 2.33. The van der Waals surface area contributed by atoms with Crippen molar-refractivity contribution in [2.45, 2.75) is 6.54 Å². The molecule has 1 N–H and O–H groups in total. The van der Waals surface area contributed by atoms with Gasteiger partial charge in [0.15, 0.2) is 11.5 Å². The summed E-state index contributed by atoms with van der Waals surface area (Å²) in [6.45, 7) is 3.60. The van der Waals surface area contributed by atoms with Crippen LogP contribution in [-0.2, 0) is 6.54 Å². The number of hydrogen-bond acceptors (Lipinski definition) is 7. The van der Waals surface area contributed by atoms with E-state index in [1.165, 1.54) is 12.1 Å². The Hall–Kier alpha value is -3.33. The minimum atomic E-state index is -0.487. The Bertz CT molecular complexity index is 940. The lowest BCUT2D eigenvalue weighted by Gasteiger charge is -2.35. The summed E-state index contributed by atoms with van der Waals surface area (Å²) in [5, 5.41) is 14.0. The average Bonchev–Trinajstić information content (AvgIpc) is 3.21. The summed E-state index contributed by atoms with van der Waals surface area (Å²) in [6, 6.07) is 10.2. The summed E-state index contributed by atoms with van der Waals surface area (Å²) in [5.41, 5.74) is 1.95. The summed E-state index contributed by atoms with van der Waals surface area (Å²) < 4.78 is 10.8. The molecular formula is C20H22N4O5. The molecular weight excluding hydrogens is 376 g/mol. The van der Waals surface area contributed by atoms with Crippen molar-refractivity contribution in [3.63, 3.8) is 0 Å². The molecule has 1 amide bonds. The van der Waals surface area contributed by atoms with Crippen molar-refractivity contribution in [3.8, 4) is 11.5 Å². The Morgan fingerprint density at radius 1 is 1.10 bits per heavy atom. The molecule has 2 aliphatic heterocycles. The highest BCUT2D eigenvalue weighted by atomic mass is 16.7. The number of nitrogens with one attached hydrogen (secondary N) is 1. The van der Waals surface area contributed by atoms with Gasteiger partial charge in [-0.2, -0.15) is 0 Å². The lowest BCUT2D eigenvalue weighted by atomic mass is 10.1. The second-order valence-corrected chi connectivity index (χ2v) is 6.99. The number of piperazine rings is 1. The van der Waals surface area contributed by atoms with E-state index < -0.39 is 4.92 Å². The Kier molecular flexibility index (Phi) is 5.22. The number of nitro groups is 1. The monoisotopic (exact) mass is 398 g/mol. The molecule has 2 aromatic carbocycles. The van der Waals surface area contributed by atoms with E-state index in [1.54, 1.807) is 18.0 Å². The van der Waals surface area contributed by atoms with Crippen molar-refractivity contribution in [1.82, 2.24) is 9.80 Å². The van der Waals surface area contributed by atoms with E-state index in [2.05, 4.69) is 10.2 Å². The fourth-order valence-electron chi connectivity index (χ4n) is 3.62. The fraction of sp³-hybridized carbons (Fsp3) is 0.350. The summed E-state index contributed by atoms with van der Waals surface area (Å²) in [7, 11) is 1.70. The summed E-state index contributed by atoms with van der Waals surface area (Å²) in [6.07, 6.45) is 0. The Morgan fingerprint density at radius 3 is 2.59 bits per heavy atom. The molecule has 0 bridgehead atoms. The number of nitrogens with zero attached hydrogens (tertiary/aromatic N) is 3. The number of hydrogen-bond donors (Lipinski definition) is 1. The third-order valence-corrected chi connectivity index (χ3v) is 5.22. The van der Waals surface area contributed by atoms with Crippen molar-refractivity contribution in [2.24, 2.45) is 0 Å². The molecule has 2 heterocycles. The lowest BCUT2D eigenvalue weighted by Crippen LogP contribution is -2.48. The molecule has 29 heavy (non-hydrogen) atoms. The molecule has 152 valence electrons. The third kappa shape index (κ3) is 3.95. The zero-order valence-electron chi connectivity index (χ0n) is 16.1. The van der Waals surface area contributed by atoms with E-state index in [0.717, 1.165) is 36.7 Å². The van der Waals surface area contributed by atoms with Gasteiger partial charge in [-0.3, -0.25) is 19.8 Å². The van der Waals surface area contributed by atoms with Gasteiger partial charge in [0.25, 0.3) is 11.6 Å². The number of fused-ring (bicyclic) bond motifs is 1. The summed E-state index contributed by atoms with van der Waals surface area (Å²) in [4.78, 5) is 27.6. The van der Waals surface area contributed by atoms with E-state index in [-0.39, 0.29) is 18.4 Å². The van der Waals surface area contributed by atoms with Crippen molar-refractivity contribution >= 4 is 17.3 Å².